The lowest BCUT2D eigenvalue weighted by Crippen LogP contribution is -2.55. The van der Waals surface area contributed by atoms with Gasteiger partial charge in [-0.3, -0.25) is 14.7 Å². The Labute approximate surface area is 179 Å². The molecule has 5 nitrogen and oxygen atoms in total. The number of fused-ring (bicyclic) bond motifs is 1. The number of amides is 1. The fourth-order valence-electron chi connectivity index (χ4n) is 3.64. The molecule has 29 heavy (non-hydrogen) atoms. The van der Waals surface area contributed by atoms with Crippen molar-refractivity contribution in [1.29, 1.82) is 0 Å². The maximum absolute atomic E-state index is 12.9. The number of benzene rings is 1. The number of nitrogens with two attached hydrogens (primary N) is 1. The van der Waals surface area contributed by atoms with Gasteiger partial charge in [0.2, 0.25) is 5.91 Å². The van der Waals surface area contributed by atoms with Crippen LogP contribution in [-0.2, 0) is 11.3 Å². The van der Waals surface area contributed by atoms with E-state index in [-0.39, 0.29) is 11.9 Å². The number of nitrogens with zero attached hydrogens (tertiary/aromatic N) is 3. The highest BCUT2D eigenvalue weighted by molar-refractivity contribution is 7.16. The summed E-state index contributed by atoms with van der Waals surface area (Å²) in [5.74, 6) is 0.157. The van der Waals surface area contributed by atoms with Gasteiger partial charge in [0, 0.05) is 48.3 Å². The highest BCUT2D eigenvalue weighted by atomic mass is 35.5. The maximum atomic E-state index is 12.9. The van der Waals surface area contributed by atoms with Crippen LogP contribution in [0.5, 0.6) is 0 Å². The fourth-order valence-corrected chi connectivity index (χ4v) is 4.63. The van der Waals surface area contributed by atoms with Crippen LogP contribution in [0.3, 0.4) is 0 Å². The minimum absolute atomic E-state index is 0.144. The molecule has 2 N–H and O–H groups in total. The minimum Gasteiger partial charge on any atom is -0.398 e. The summed E-state index contributed by atoms with van der Waals surface area (Å²) in [6, 6.07) is 11.6. The van der Waals surface area contributed by atoms with Crippen molar-refractivity contribution >= 4 is 51.5 Å². The maximum Gasteiger partial charge on any atom is 0.239 e. The normalized spacial score (nSPS) is 18.2. The Morgan fingerprint density at radius 3 is 2.93 bits per heavy atom. The molecular weight excluding hydrogens is 404 g/mol. The van der Waals surface area contributed by atoms with Crippen molar-refractivity contribution < 1.29 is 4.79 Å². The molecule has 0 bridgehead atoms. The largest absolute Gasteiger partial charge is 0.398 e. The van der Waals surface area contributed by atoms with E-state index in [1.54, 1.807) is 23.6 Å². The first-order chi connectivity index (χ1) is 14.0. The van der Waals surface area contributed by atoms with Crippen LogP contribution in [0.2, 0.25) is 4.34 Å². The van der Waals surface area contributed by atoms with E-state index in [1.807, 2.05) is 42.2 Å². The topological polar surface area (TPSA) is 62.5 Å². The molecule has 1 aromatic carbocycles. The predicted octanol–water partition coefficient (Wildman–Crippen LogP) is 4.28. The van der Waals surface area contributed by atoms with Crippen molar-refractivity contribution in [3.63, 3.8) is 0 Å². The van der Waals surface area contributed by atoms with Gasteiger partial charge in [0.1, 0.15) is 0 Å². The third-order valence-electron chi connectivity index (χ3n) is 5.30. The lowest BCUT2D eigenvalue weighted by molar-refractivity contribution is -0.141. The number of hydrogen-bond acceptors (Lipinski definition) is 5. The van der Waals surface area contributed by atoms with E-state index in [9.17, 15) is 4.79 Å². The molecule has 3 aromatic rings. The second kappa shape index (κ2) is 8.53. The van der Waals surface area contributed by atoms with Gasteiger partial charge in [-0.05, 0) is 42.8 Å². The molecule has 7 heteroatoms. The zero-order valence-electron chi connectivity index (χ0n) is 16.2. The number of nitrogen functional groups attached to an aromatic ring is 1. The van der Waals surface area contributed by atoms with E-state index >= 15 is 0 Å². The molecular formula is C22H23ClN4OS. The summed E-state index contributed by atoms with van der Waals surface area (Å²) in [6.45, 7) is 4.88. The molecule has 0 radical (unpaired) electrons. The summed E-state index contributed by atoms with van der Waals surface area (Å²) in [5, 5.41) is 0.944. The van der Waals surface area contributed by atoms with Gasteiger partial charge in [0.15, 0.2) is 0 Å². The van der Waals surface area contributed by atoms with Crippen molar-refractivity contribution in [3.8, 4) is 0 Å². The van der Waals surface area contributed by atoms with Crippen molar-refractivity contribution in [2.24, 2.45) is 0 Å². The van der Waals surface area contributed by atoms with Crippen LogP contribution in [0.25, 0.3) is 17.0 Å². The molecule has 150 valence electrons. The number of hydrogen-bond donors (Lipinski definition) is 1. The Kier molecular flexibility index (Phi) is 5.85. The van der Waals surface area contributed by atoms with Gasteiger partial charge >= 0.3 is 0 Å². The highest BCUT2D eigenvalue weighted by Gasteiger charge is 2.30. The van der Waals surface area contributed by atoms with Crippen LogP contribution in [0.4, 0.5) is 5.69 Å². The van der Waals surface area contributed by atoms with E-state index in [4.69, 9.17) is 17.3 Å². The first kappa shape index (κ1) is 19.9. The molecule has 1 atom stereocenters. The van der Waals surface area contributed by atoms with Crippen molar-refractivity contribution in [3.05, 3.63) is 63.4 Å². The molecule has 3 heterocycles. The molecule has 1 aliphatic heterocycles. The van der Waals surface area contributed by atoms with Gasteiger partial charge in [-0.2, -0.15) is 0 Å². The minimum atomic E-state index is -0.144. The molecule has 4 rings (SSSR count). The van der Waals surface area contributed by atoms with Crippen LogP contribution in [-0.4, -0.2) is 46.4 Å². The number of carbonyl (C=O) groups excluding carboxylic acids is 1. The van der Waals surface area contributed by atoms with Crippen molar-refractivity contribution in [1.82, 2.24) is 14.8 Å². The third kappa shape index (κ3) is 4.45. The smallest absolute Gasteiger partial charge is 0.239 e. The first-order valence-electron chi connectivity index (χ1n) is 9.59. The molecule has 0 aliphatic carbocycles. The lowest BCUT2D eigenvalue weighted by Gasteiger charge is -2.38. The van der Waals surface area contributed by atoms with Crippen molar-refractivity contribution in [2.45, 2.75) is 19.5 Å². The molecule has 1 aliphatic rings. The summed E-state index contributed by atoms with van der Waals surface area (Å²) in [7, 11) is 0. The number of anilines is 1. The van der Waals surface area contributed by atoms with Gasteiger partial charge in [-0.1, -0.05) is 29.8 Å². The van der Waals surface area contributed by atoms with E-state index in [1.165, 1.54) is 0 Å². The lowest BCUT2D eigenvalue weighted by atomic mass is 10.1. The zero-order chi connectivity index (χ0) is 20.4. The quantitative estimate of drug-likeness (QED) is 0.661. The summed E-state index contributed by atoms with van der Waals surface area (Å²) < 4.78 is 0.786. The average molecular weight is 427 g/mol. The molecule has 0 spiro atoms. The molecule has 0 saturated carbocycles. The zero-order valence-corrected chi connectivity index (χ0v) is 17.8. The van der Waals surface area contributed by atoms with Crippen LogP contribution < -0.4 is 5.73 Å². The van der Waals surface area contributed by atoms with Crippen LogP contribution in [0, 0.1) is 0 Å². The van der Waals surface area contributed by atoms with Crippen LogP contribution in [0.1, 0.15) is 17.4 Å². The van der Waals surface area contributed by atoms with Gasteiger partial charge in [-0.25, -0.2) is 0 Å². The number of carbonyl (C=O) groups is 1. The molecule has 1 amide bonds. The van der Waals surface area contributed by atoms with E-state index in [2.05, 4.69) is 22.0 Å². The monoisotopic (exact) mass is 426 g/mol. The second-order valence-corrected chi connectivity index (χ2v) is 8.97. The Bertz CT molecular complexity index is 1060. The number of aromatic nitrogens is 1. The molecule has 1 saturated heterocycles. The summed E-state index contributed by atoms with van der Waals surface area (Å²) in [4.78, 5) is 22.6. The van der Waals surface area contributed by atoms with Crippen molar-refractivity contribution in [2.75, 3.05) is 25.4 Å². The number of thiophene rings is 1. The van der Waals surface area contributed by atoms with E-state index in [0.717, 1.165) is 44.5 Å². The number of piperazine rings is 1. The van der Waals surface area contributed by atoms with Crippen LogP contribution in [0.15, 0.2) is 48.7 Å². The van der Waals surface area contributed by atoms with E-state index in [0.29, 0.717) is 13.1 Å². The first-order valence-corrected chi connectivity index (χ1v) is 10.8. The second-order valence-electron chi connectivity index (χ2n) is 7.23. The van der Waals surface area contributed by atoms with Gasteiger partial charge in [0.25, 0.3) is 0 Å². The van der Waals surface area contributed by atoms with E-state index < -0.39 is 0 Å². The standard InChI is InChI=1S/C22H23ClN4OS/c1-15-22(28)27(12-11-26(15)10-2-3-17-5-7-21(23)29-17)14-16-4-6-18-19(24)8-9-25-20(18)13-16/h2-9,13,15H,10-12,14H2,1H3,(H2,24,25)/b3-2+/t15-/m0/s1. The Hall–Kier alpha value is -2.41. The number of rotatable bonds is 5. The average Bonchev–Trinajstić information content (AvgIpc) is 3.12. The molecule has 2 aromatic heterocycles. The van der Waals surface area contributed by atoms with Gasteiger partial charge < -0.3 is 10.6 Å². The fraction of sp³-hybridized carbons (Fsp3) is 0.273. The number of halogens is 1. The molecule has 1 fully saturated rings. The Balaban J connectivity index is 1.39. The van der Waals surface area contributed by atoms with Crippen LogP contribution >= 0.6 is 22.9 Å². The summed E-state index contributed by atoms with van der Waals surface area (Å²) >= 11 is 7.52. The Morgan fingerprint density at radius 2 is 2.14 bits per heavy atom. The highest BCUT2D eigenvalue weighted by Crippen LogP contribution is 2.23. The SMILES string of the molecule is C[C@H]1C(=O)N(Cc2ccc3c(N)ccnc3c2)CCN1C/C=C/c1ccc(Cl)s1. The Morgan fingerprint density at radius 1 is 1.28 bits per heavy atom. The summed E-state index contributed by atoms with van der Waals surface area (Å²) in [5.41, 5.74) is 8.65. The predicted molar refractivity (Wildman–Crippen MR) is 121 cm³/mol. The molecule has 0 unspecified atom stereocenters. The van der Waals surface area contributed by atoms with Gasteiger partial charge in [-0.15, -0.1) is 11.3 Å². The third-order valence-corrected chi connectivity index (χ3v) is 6.50. The number of pyridine rings is 1. The summed E-state index contributed by atoms with van der Waals surface area (Å²) in [6.07, 6.45) is 5.88. The van der Waals surface area contributed by atoms with Gasteiger partial charge in [0.05, 0.1) is 15.9 Å².